The van der Waals surface area contributed by atoms with Gasteiger partial charge in [0.15, 0.2) is 6.10 Å². The molecule has 2 aromatic rings. The van der Waals surface area contributed by atoms with Crippen molar-refractivity contribution in [3.05, 3.63) is 71.3 Å². The zero-order valence-electron chi connectivity index (χ0n) is 11.7. The van der Waals surface area contributed by atoms with Crippen LogP contribution in [0.1, 0.15) is 34.0 Å². The lowest BCUT2D eigenvalue weighted by molar-refractivity contribution is 0.0600. The summed E-state index contributed by atoms with van der Waals surface area (Å²) in [7, 11) is 1.37. The van der Waals surface area contributed by atoms with E-state index in [4.69, 9.17) is 4.84 Å². The van der Waals surface area contributed by atoms with Gasteiger partial charge in [-0.05, 0) is 23.3 Å². The lowest BCUT2D eigenvalue weighted by Gasteiger charge is -2.09. The second kappa shape index (κ2) is 5.79. The normalized spacial score (nSPS) is 17.0. The van der Waals surface area contributed by atoms with Crippen LogP contribution < -0.4 is 0 Å². The van der Waals surface area contributed by atoms with E-state index in [9.17, 15) is 4.79 Å². The highest BCUT2D eigenvalue weighted by Crippen LogP contribution is 2.29. The molecule has 106 valence electrons. The second-order valence-corrected chi connectivity index (χ2v) is 4.82. The minimum Gasteiger partial charge on any atom is -0.465 e. The first-order valence-corrected chi connectivity index (χ1v) is 6.74. The summed E-state index contributed by atoms with van der Waals surface area (Å²) < 4.78 is 4.68. The van der Waals surface area contributed by atoms with E-state index < -0.39 is 0 Å². The Kier molecular flexibility index (Phi) is 3.69. The van der Waals surface area contributed by atoms with Gasteiger partial charge in [0.1, 0.15) is 0 Å². The number of benzene rings is 2. The molecule has 0 aliphatic carbocycles. The summed E-state index contributed by atoms with van der Waals surface area (Å²) in [5.41, 5.74) is 3.55. The number of carbonyl (C=O) groups excluding carboxylic acids is 1. The van der Waals surface area contributed by atoms with Crippen molar-refractivity contribution in [2.24, 2.45) is 5.16 Å². The van der Waals surface area contributed by atoms with E-state index in [0.717, 1.165) is 23.3 Å². The summed E-state index contributed by atoms with van der Waals surface area (Å²) >= 11 is 0. The summed E-state index contributed by atoms with van der Waals surface area (Å²) in [4.78, 5) is 16.9. The monoisotopic (exact) mass is 281 g/mol. The predicted molar refractivity (Wildman–Crippen MR) is 79.2 cm³/mol. The quantitative estimate of drug-likeness (QED) is 0.811. The van der Waals surface area contributed by atoms with E-state index in [1.165, 1.54) is 7.11 Å². The number of carbonyl (C=O) groups is 1. The number of rotatable bonds is 3. The standard InChI is InChI=1S/C17H15NO3/c1-20-17(19)14-9-7-13(8-10-14)16-11-15(18-21-16)12-5-3-2-4-6-12/h2-10,16H,11H2,1H3. The van der Waals surface area contributed by atoms with Gasteiger partial charge in [-0.1, -0.05) is 47.6 Å². The molecule has 0 fully saturated rings. The van der Waals surface area contributed by atoms with Crippen LogP contribution >= 0.6 is 0 Å². The Labute approximate surface area is 123 Å². The van der Waals surface area contributed by atoms with E-state index in [2.05, 4.69) is 9.89 Å². The van der Waals surface area contributed by atoms with Gasteiger partial charge < -0.3 is 9.57 Å². The zero-order chi connectivity index (χ0) is 14.7. The highest BCUT2D eigenvalue weighted by atomic mass is 16.6. The number of oxime groups is 1. The van der Waals surface area contributed by atoms with Gasteiger partial charge in [0.2, 0.25) is 0 Å². The number of hydrogen-bond donors (Lipinski definition) is 0. The van der Waals surface area contributed by atoms with Crippen LogP contribution in [-0.2, 0) is 9.57 Å². The smallest absolute Gasteiger partial charge is 0.337 e. The molecule has 0 amide bonds. The summed E-state index contributed by atoms with van der Waals surface area (Å²) in [6.45, 7) is 0. The van der Waals surface area contributed by atoms with Crippen LogP contribution in [-0.4, -0.2) is 18.8 Å². The fourth-order valence-corrected chi connectivity index (χ4v) is 2.31. The Morgan fingerprint density at radius 3 is 2.52 bits per heavy atom. The Bertz CT molecular complexity index is 662. The fraction of sp³-hybridized carbons (Fsp3) is 0.176. The van der Waals surface area contributed by atoms with E-state index in [1.54, 1.807) is 12.1 Å². The Hall–Kier alpha value is -2.62. The molecule has 0 radical (unpaired) electrons. The van der Waals surface area contributed by atoms with Gasteiger partial charge in [-0.2, -0.15) is 0 Å². The van der Waals surface area contributed by atoms with Crippen LogP contribution in [0.25, 0.3) is 0 Å². The Morgan fingerprint density at radius 1 is 1.14 bits per heavy atom. The SMILES string of the molecule is COC(=O)c1ccc(C2CC(c3ccccc3)=NO2)cc1. The third-order valence-corrected chi connectivity index (χ3v) is 3.48. The third kappa shape index (κ3) is 2.79. The van der Waals surface area contributed by atoms with Crippen LogP contribution in [0.2, 0.25) is 0 Å². The number of hydrogen-bond acceptors (Lipinski definition) is 4. The van der Waals surface area contributed by atoms with Gasteiger partial charge in [0.05, 0.1) is 18.4 Å². The van der Waals surface area contributed by atoms with E-state index in [1.807, 2.05) is 42.5 Å². The van der Waals surface area contributed by atoms with Crippen LogP contribution in [0.3, 0.4) is 0 Å². The van der Waals surface area contributed by atoms with Crippen LogP contribution in [0, 0.1) is 0 Å². The molecule has 3 rings (SSSR count). The maximum atomic E-state index is 11.4. The van der Waals surface area contributed by atoms with E-state index >= 15 is 0 Å². The van der Waals surface area contributed by atoms with E-state index in [-0.39, 0.29) is 12.1 Å². The fourth-order valence-electron chi connectivity index (χ4n) is 2.31. The molecular formula is C17H15NO3. The van der Waals surface area contributed by atoms with Crippen LogP contribution in [0.4, 0.5) is 0 Å². The first-order valence-electron chi connectivity index (χ1n) is 6.74. The molecule has 1 heterocycles. The summed E-state index contributed by atoms with van der Waals surface area (Å²) in [5, 5.41) is 4.16. The molecule has 2 aromatic carbocycles. The van der Waals surface area contributed by atoms with Crippen LogP contribution in [0.15, 0.2) is 59.8 Å². The summed E-state index contributed by atoms with van der Waals surface area (Å²) in [6, 6.07) is 17.2. The second-order valence-electron chi connectivity index (χ2n) is 4.82. The molecule has 0 saturated carbocycles. The van der Waals surface area contributed by atoms with Gasteiger partial charge in [-0.15, -0.1) is 0 Å². The molecular weight excluding hydrogens is 266 g/mol. The Morgan fingerprint density at radius 2 is 1.86 bits per heavy atom. The first kappa shape index (κ1) is 13.4. The Balaban J connectivity index is 1.72. The molecule has 0 bridgehead atoms. The summed E-state index contributed by atoms with van der Waals surface area (Å²) in [5.74, 6) is -0.338. The molecule has 0 saturated heterocycles. The molecule has 0 N–H and O–H groups in total. The molecule has 1 unspecified atom stereocenters. The van der Waals surface area contributed by atoms with E-state index in [0.29, 0.717) is 5.56 Å². The highest BCUT2D eigenvalue weighted by molar-refractivity contribution is 6.01. The van der Waals surface area contributed by atoms with Crippen molar-refractivity contribution in [3.63, 3.8) is 0 Å². The predicted octanol–water partition coefficient (Wildman–Crippen LogP) is 3.34. The maximum Gasteiger partial charge on any atom is 0.337 e. The highest BCUT2D eigenvalue weighted by Gasteiger charge is 2.23. The average molecular weight is 281 g/mol. The van der Waals surface area contributed by atoms with Crippen molar-refractivity contribution in [3.8, 4) is 0 Å². The minimum atomic E-state index is -0.338. The third-order valence-electron chi connectivity index (χ3n) is 3.48. The minimum absolute atomic E-state index is 0.105. The molecule has 0 spiro atoms. The van der Waals surface area contributed by atoms with Crippen molar-refractivity contribution in [2.75, 3.05) is 7.11 Å². The number of nitrogens with zero attached hydrogens (tertiary/aromatic N) is 1. The summed E-state index contributed by atoms with van der Waals surface area (Å²) in [6.07, 6.45) is 0.619. The molecule has 4 nitrogen and oxygen atoms in total. The van der Waals surface area contributed by atoms with Gasteiger partial charge in [-0.25, -0.2) is 4.79 Å². The van der Waals surface area contributed by atoms with Crippen LogP contribution in [0.5, 0.6) is 0 Å². The van der Waals surface area contributed by atoms with Crippen molar-refractivity contribution in [1.29, 1.82) is 0 Å². The average Bonchev–Trinajstić information content (AvgIpc) is 3.05. The van der Waals surface area contributed by atoms with Gasteiger partial charge in [-0.3, -0.25) is 0 Å². The lowest BCUT2D eigenvalue weighted by Crippen LogP contribution is -2.04. The molecule has 1 atom stereocenters. The molecule has 4 heteroatoms. The van der Waals surface area contributed by atoms with Crippen molar-refractivity contribution in [2.45, 2.75) is 12.5 Å². The largest absolute Gasteiger partial charge is 0.465 e. The molecule has 0 aromatic heterocycles. The zero-order valence-corrected chi connectivity index (χ0v) is 11.7. The molecule has 1 aliphatic heterocycles. The van der Waals surface area contributed by atoms with Gasteiger partial charge in [0, 0.05) is 6.42 Å². The number of ether oxygens (including phenoxy) is 1. The molecule has 1 aliphatic rings. The number of methoxy groups -OCH3 is 1. The molecule has 21 heavy (non-hydrogen) atoms. The first-order chi connectivity index (χ1) is 10.3. The maximum absolute atomic E-state index is 11.4. The van der Waals surface area contributed by atoms with Crippen molar-refractivity contribution < 1.29 is 14.4 Å². The van der Waals surface area contributed by atoms with Gasteiger partial charge >= 0.3 is 5.97 Å². The number of esters is 1. The van der Waals surface area contributed by atoms with Crippen molar-refractivity contribution in [1.82, 2.24) is 0 Å². The lowest BCUT2D eigenvalue weighted by atomic mass is 9.99. The van der Waals surface area contributed by atoms with Crippen molar-refractivity contribution >= 4 is 11.7 Å². The topological polar surface area (TPSA) is 47.9 Å². The van der Waals surface area contributed by atoms with Gasteiger partial charge in [0.25, 0.3) is 0 Å².